The maximum Gasteiger partial charge on any atom is 0.117 e. The van der Waals surface area contributed by atoms with Gasteiger partial charge in [0, 0.05) is 6.61 Å². The fourth-order valence-electron chi connectivity index (χ4n) is 1.51. The summed E-state index contributed by atoms with van der Waals surface area (Å²) in [4.78, 5) is 0. The van der Waals surface area contributed by atoms with Gasteiger partial charge in [-0.25, -0.2) is 0 Å². The Kier molecular flexibility index (Phi) is 3.53. The molecule has 0 N–H and O–H groups in total. The van der Waals surface area contributed by atoms with Crippen molar-refractivity contribution in [2.24, 2.45) is 0 Å². The van der Waals surface area contributed by atoms with Crippen LogP contribution in [0.1, 0.15) is 40.0 Å². The standard InChI is InChI=1S/C10H20O2/c1-4-6-7-12-10(5-2)8-11-9(10)3/h9H,4-8H2,1-3H3. The second-order valence-electron chi connectivity index (χ2n) is 3.57. The van der Waals surface area contributed by atoms with E-state index in [1.54, 1.807) is 0 Å². The van der Waals surface area contributed by atoms with Gasteiger partial charge in [-0.05, 0) is 19.8 Å². The maximum absolute atomic E-state index is 5.84. The fourth-order valence-corrected chi connectivity index (χ4v) is 1.51. The van der Waals surface area contributed by atoms with Gasteiger partial charge in [-0.1, -0.05) is 20.3 Å². The van der Waals surface area contributed by atoms with Gasteiger partial charge in [0.15, 0.2) is 0 Å². The zero-order valence-corrected chi connectivity index (χ0v) is 8.43. The fraction of sp³-hybridized carbons (Fsp3) is 1.00. The second kappa shape index (κ2) is 4.24. The summed E-state index contributed by atoms with van der Waals surface area (Å²) in [5.74, 6) is 0. The van der Waals surface area contributed by atoms with Crippen LogP contribution in [0.2, 0.25) is 0 Å². The molecule has 1 heterocycles. The highest BCUT2D eigenvalue weighted by Crippen LogP contribution is 2.32. The van der Waals surface area contributed by atoms with Crippen molar-refractivity contribution in [2.75, 3.05) is 13.2 Å². The van der Waals surface area contributed by atoms with Crippen LogP contribution in [0.5, 0.6) is 0 Å². The van der Waals surface area contributed by atoms with Crippen LogP contribution in [0.4, 0.5) is 0 Å². The molecule has 0 saturated carbocycles. The van der Waals surface area contributed by atoms with Crippen LogP contribution in [-0.4, -0.2) is 24.9 Å². The van der Waals surface area contributed by atoms with Crippen LogP contribution in [0.15, 0.2) is 0 Å². The van der Waals surface area contributed by atoms with Crippen molar-refractivity contribution >= 4 is 0 Å². The molecule has 72 valence electrons. The van der Waals surface area contributed by atoms with Crippen LogP contribution in [0.3, 0.4) is 0 Å². The SMILES string of the molecule is CCCCOC1(CC)COC1C. The zero-order valence-electron chi connectivity index (χ0n) is 8.43. The van der Waals surface area contributed by atoms with Gasteiger partial charge >= 0.3 is 0 Å². The molecule has 0 radical (unpaired) electrons. The van der Waals surface area contributed by atoms with Crippen LogP contribution in [-0.2, 0) is 9.47 Å². The number of ether oxygens (including phenoxy) is 2. The molecule has 0 bridgehead atoms. The zero-order chi connectivity index (χ0) is 9.03. The summed E-state index contributed by atoms with van der Waals surface area (Å²) in [5, 5.41) is 0. The summed E-state index contributed by atoms with van der Waals surface area (Å²) in [6, 6.07) is 0. The van der Waals surface area contributed by atoms with E-state index in [-0.39, 0.29) is 5.60 Å². The molecule has 2 nitrogen and oxygen atoms in total. The molecule has 2 unspecified atom stereocenters. The first-order valence-electron chi connectivity index (χ1n) is 5.00. The molecule has 1 aliphatic heterocycles. The monoisotopic (exact) mass is 172 g/mol. The molecule has 0 aromatic heterocycles. The Bertz CT molecular complexity index is 132. The number of hydrogen-bond donors (Lipinski definition) is 0. The topological polar surface area (TPSA) is 18.5 Å². The molecule has 1 rings (SSSR count). The van der Waals surface area contributed by atoms with Crippen molar-refractivity contribution < 1.29 is 9.47 Å². The first kappa shape index (κ1) is 10.0. The molecule has 0 spiro atoms. The first-order valence-corrected chi connectivity index (χ1v) is 5.00. The van der Waals surface area contributed by atoms with Gasteiger partial charge in [0.25, 0.3) is 0 Å². The van der Waals surface area contributed by atoms with Gasteiger partial charge in [0.1, 0.15) is 5.60 Å². The van der Waals surface area contributed by atoms with Gasteiger partial charge in [-0.3, -0.25) is 0 Å². The molecule has 1 fully saturated rings. The van der Waals surface area contributed by atoms with Crippen LogP contribution in [0.25, 0.3) is 0 Å². The van der Waals surface area contributed by atoms with E-state index in [4.69, 9.17) is 9.47 Å². The Labute approximate surface area is 75.2 Å². The summed E-state index contributed by atoms with van der Waals surface area (Å²) in [6.45, 7) is 8.12. The Morgan fingerprint density at radius 2 is 2.25 bits per heavy atom. The third kappa shape index (κ3) is 1.80. The third-order valence-electron chi connectivity index (χ3n) is 2.80. The van der Waals surface area contributed by atoms with Crippen LogP contribution in [0, 0.1) is 0 Å². The van der Waals surface area contributed by atoms with Crippen molar-refractivity contribution in [3.63, 3.8) is 0 Å². The molecule has 0 aromatic rings. The summed E-state index contributed by atoms with van der Waals surface area (Å²) in [6.07, 6.45) is 3.72. The molecule has 1 aliphatic rings. The lowest BCUT2D eigenvalue weighted by Gasteiger charge is -2.46. The minimum atomic E-state index is 0.0508. The lowest BCUT2D eigenvalue weighted by Crippen LogP contribution is -2.58. The number of rotatable bonds is 5. The van der Waals surface area contributed by atoms with Crippen molar-refractivity contribution in [1.29, 1.82) is 0 Å². The van der Waals surface area contributed by atoms with Crippen molar-refractivity contribution in [3.8, 4) is 0 Å². The average Bonchev–Trinajstić information content (AvgIpc) is 2.10. The molecule has 2 atom stereocenters. The Morgan fingerprint density at radius 3 is 2.58 bits per heavy atom. The molecule has 1 saturated heterocycles. The van der Waals surface area contributed by atoms with Crippen molar-refractivity contribution in [2.45, 2.75) is 51.7 Å². The molecule has 0 amide bonds. The molecule has 0 aromatic carbocycles. The van der Waals surface area contributed by atoms with E-state index in [0.29, 0.717) is 6.10 Å². The van der Waals surface area contributed by atoms with E-state index >= 15 is 0 Å². The molecule has 12 heavy (non-hydrogen) atoms. The van der Waals surface area contributed by atoms with E-state index in [1.807, 2.05) is 0 Å². The molecule has 2 heteroatoms. The Balaban J connectivity index is 2.25. The summed E-state index contributed by atoms with van der Waals surface area (Å²) in [7, 11) is 0. The minimum Gasteiger partial charge on any atom is -0.372 e. The van der Waals surface area contributed by atoms with Crippen molar-refractivity contribution in [1.82, 2.24) is 0 Å². The Morgan fingerprint density at radius 1 is 1.50 bits per heavy atom. The predicted molar refractivity (Wildman–Crippen MR) is 49.3 cm³/mol. The smallest absolute Gasteiger partial charge is 0.117 e. The Hall–Kier alpha value is -0.0800. The second-order valence-corrected chi connectivity index (χ2v) is 3.57. The molecule has 0 aliphatic carbocycles. The maximum atomic E-state index is 5.84. The predicted octanol–water partition coefficient (Wildman–Crippen LogP) is 2.37. The average molecular weight is 172 g/mol. The quantitative estimate of drug-likeness (QED) is 0.593. The van der Waals surface area contributed by atoms with Gasteiger partial charge in [0.05, 0.1) is 12.7 Å². The van der Waals surface area contributed by atoms with Crippen molar-refractivity contribution in [3.05, 3.63) is 0 Å². The van der Waals surface area contributed by atoms with E-state index in [1.165, 1.54) is 6.42 Å². The van der Waals surface area contributed by atoms with Crippen LogP contribution >= 0.6 is 0 Å². The van der Waals surface area contributed by atoms with Crippen LogP contribution < -0.4 is 0 Å². The highest BCUT2D eigenvalue weighted by atomic mass is 16.6. The third-order valence-corrected chi connectivity index (χ3v) is 2.80. The van der Waals surface area contributed by atoms with E-state index in [2.05, 4.69) is 20.8 Å². The van der Waals surface area contributed by atoms with E-state index in [0.717, 1.165) is 26.1 Å². The van der Waals surface area contributed by atoms with E-state index < -0.39 is 0 Å². The minimum absolute atomic E-state index is 0.0508. The summed E-state index contributed by atoms with van der Waals surface area (Å²) < 4.78 is 11.2. The lowest BCUT2D eigenvalue weighted by molar-refractivity contribution is -0.255. The van der Waals surface area contributed by atoms with Gasteiger partial charge in [-0.15, -0.1) is 0 Å². The molecular weight excluding hydrogens is 152 g/mol. The number of hydrogen-bond acceptors (Lipinski definition) is 2. The lowest BCUT2D eigenvalue weighted by atomic mass is 9.90. The molecular formula is C10H20O2. The van der Waals surface area contributed by atoms with Gasteiger partial charge in [0.2, 0.25) is 0 Å². The largest absolute Gasteiger partial charge is 0.372 e. The highest BCUT2D eigenvalue weighted by molar-refractivity contribution is 4.93. The normalized spacial score (nSPS) is 34.8. The van der Waals surface area contributed by atoms with Gasteiger partial charge in [-0.2, -0.15) is 0 Å². The first-order chi connectivity index (χ1) is 5.75. The van der Waals surface area contributed by atoms with Gasteiger partial charge < -0.3 is 9.47 Å². The van der Waals surface area contributed by atoms with E-state index in [9.17, 15) is 0 Å². The summed E-state index contributed by atoms with van der Waals surface area (Å²) in [5.41, 5.74) is 0.0508. The highest BCUT2D eigenvalue weighted by Gasteiger charge is 2.45. The number of unbranched alkanes of at least 4 members (excludes halogenated alkanes) is 1. The summed E-state index contributed by atoms with van der Waals surface area (Å²) >= 11 is 0.